The molecule has 7 nitrogen and oxygen atoms in total. The molecule has 2 amide bonds. The Morgan fingerprint density at radius 2 is 1.97 bits per heavy atom. The number of aromatic nitrogens is 2. The molecule has 0 spiro atoms. The Morgan fingerprint density at radius 3 is 2.67 bits per heavy atom. The van der Waals surface area contributed by atoms with Gasteiger partial charge in [0.1, 0.15) is 17.9 Å². The number of fused-ring (bicyclic) bond motifs is 1. The molecule has 0 aliphatic carbocycles. The molecular formula is C28H29ClN4O3. The van der Waals surface area contributed by atoms with Crippen molar-refractivity contribution in [3.63, 3.8) is 0 Å². The van der Waals surface area contributed by atoms with Crippen molar-refractivity contribution >= 4 is 40.0 Å². The van der Waals surface area contributed by atoms with E-state index in [0.29, 0.717) is 41.2 Å². The van der Waals surface area contributed by atoms with E-state index in [4.69, 9.17) is 21.3 Å². The second-order valence-corrected chi connectivity index (χ2v) is 9.33. The number of likely N-dealkylation sites (tertiary alicyclic amines) is 1. The van der Waals surface area contributed by atoms with Crippen molar-refractivity contribution in [2.24, 2.45) is 0 Å². The van der Waals surface area contributed by atoms with E-state index in [1.165, 1.54) is 11.1 Å². The lowest BCUT2D eigenvalue weighted by Gasteiger charge is -2.26. The third-order valence-corrected chi connectivity index (χ3v) is 6.47. The summed E-state index contributed by atoms with van der Waals surface area (Å²) in [5.74, 6) is 0.255. The Bertz CT molecular complexity index is 1350. The summed E-state index contributed by atoms with van der Waals surface area (Å²) in [7, 11) is 3.98. The Kier molecular flexibility index (Phi) is 7.70. The Hall–Kier alpha value is -3.71. The van der Waals surface area contributed by atoms with Gasteiger partial charge in [-0.15, -0.1) is 0 Å². The van der Waals surface area contributed by atoms with E-state index >= 15 is 0 Å². The first-order valence-electron chi connectivity index (χ1n) is 11.8. The Balaban J connectivity index is 1.68. The van der Waals surface area contributed by atoms with Crippen LogP contribution in [-0.2, 0) is 22.7 Å². The van der Waals surface area contributed by atoms with Crippen LogP contribution < -0.4 is 4.74 Å². The molecule has 0 atom stereocenters. The summed E-state index contributed by atoms with van der Waals surface area (Å²) < 4.78 is 6.26. The molecule has 3 aromatic rings. The number of hydrogen-bond donors (Lipinski definition) is 0. The normalized spacial score (nSPS) is 14.3. The molecule has 3 heterocycles. The van der Waals surface area contributed by atoms with Crippen LogP contribution in [0.2, 0.25) is 5.02 Å². The van der Waals surface area contributed by atoms with Gasteiger partial charge in [-0.3, -0.25) is 19.5 Å². The van der Waals surface area contributed by atoms with Crippen molar-refractivity contribution < 1.29 is 14.3 Å². The average Bonchev–Trinajstić information content (AvgIpc) is 2.84. The van der Waals surface area contributed by atoms with Crippen molar-refractivity contribution in [3.8, 4) is 5.75 Å². The van der Waals surface area contributed by atoms with Gasteiger partial charge in [0.15, 0.2) is 0 Å². The zero-order chi connectivity index (χ0) is 25.8. The summed E-state index contributed by atoms with van der Waals surface area (Å²) >= 11 is 6.50. The van der Waals surface area contributed by atoms with Crippen LogP contribution in [0.4, 0.5) is 0 Å². The third kappa shape index (κ3) is 5.26. The topological polar surface area (TPSA) is 75.6 Å². The molecule has 8 heteroatoms. The highest BCUT2D eigenvalue weighted by Crippen LogP contribution is 2.33. The summed E-state index contributed by atoms with van der Waals surface area (Å²) in [5.41, 5.74) is 4.99. The summed E-state index contributed by atoms with van der Waals surface area (Å²) in [6.07, 6.45) is 8.22. The number of rotatable bonds is 8. The average molecular weight is 505 g/mol. The lowest BCUT2D eigenvalue weighted by Crippen LogP contribution is -2.39. The van der Waals surface area contributed by atoms with Crippen LogP contribution in [0.5, 0.6) is 5.75 Å². The predicted octanol–water partition coefficient (Wildman–Crippen LogP) is 5.30. The SMILES string of the molecule is C=C/C=C(/c1cc(C)nc2c(OCc3c(Cl)cncc3CN3C(=O)CCCC3=O)cccc12)N(C)C. The van der Waals surface area contributed by atoms with Crippen LogP contribution in [0.25, 0.3) is 16.6 Å². The maximum absolute atomic E-state index is 12.3. The van der Waals surface area contributed by atoms with Gasteiger partial charge in [0.25, 0.3) is 0 Å². The minimum absolute atomic E-state index is 0.125. The first-order valence-corrected chi connectivity index (χ1v) is 12.2. The Morgan fingerprint density at radius 1 is 1.22 bits per heavy atom. The molecule has 4 rings (SSSR count). The van der Waals surface area contributed by atoms with Gasteiger partial charge in [0.2, 0.25) is 11.8 Å². The number of aryl methyl sites for hydroxylation is 1. The molecule has 1 aliphatic rings. The van der Waals surface area contributed by atoms with Gasteiger partial charge in [-0.25, -0.2) is 4.98 Å². The number of imide groups is 1. The summed E-state index contributed by atoms with van der Waals surface area (Å²) in [6, 6.07) is 7.87. The maximum atomic E-state index is 12.3. The molecule has 36 heavy (non-hydrogen) atoms. The van der Waals surface area contributed by atoms with Crippen LogP contribution in [0, 0.1) is 6.92 Å². The van der Waals surface area contributed by atoms with Gasteiger partial charge < -0.3 is 9.64 Å². The number of allylic oxidation sites excluding steroid dienone is 2. The van der Waals surface area contributed by atoms with Crippen LogP contribution in [0.15, 0.2) is 55.4 Å². The van der Waals surface area contributed by atoms with Crippen molar-refractivity contribution in [1.29, 1.82) is 0 Å². The molecular weight excluding hydrogens is 476 g/mol. The fourth-order valence-electron chi connectivity index (χ4n) is 4.37. The fourth-order valence-corrected chi connectivity index (χ4v) is 4.60. The monoisotopic (exact) mass is 504 g/mol. The lowest BCUT2D eigenvalue weighted by molar-refractivity contribution is -0.148. The van der Waals surface area contributed by atoms with E-state index in [9.17, 15) is 9.59 Å². The molecule has 1 aliphatic heterocycles. The number of pyridine rings is 2. The summed E-state index contributed by atoms with van der Waals surface area (Å²) in [6.45, 7) is 6.07. The van der Waals surface area contributed by atoms with Gasteiger partial charge in [-0.1, -0.05) is 36.4 Å². The number of nitrogens with zero attached hydrogens (tertiary/aromatic N) is 4. The van der Waals surface area contributed by atoms with Gasteiger partial charge >= 0.3 is 0 Å². The molecule has 0 unspecified atom stereocenters. The van der Waals surface area contributed by atoms with Crippen LogP contribution in [0.1, 0.15) is 41.6 Å². The van der Waals surface area contributed by atoms with Crippen LogP contribution in [-0.4, -0.2) is 45.7 Å². The van der Waals surface area contributed by atoms with E-state index in [-0.39, 0.29) is 25.0 Å². The summed E-state index contributed by atoms with van der Waals surface area (Å²) in [4.78, 5) is 36.9. The smallest absolute Gasteiger partial charge is 0.229 e. The number of carbonyl (C=O) groups is 2. The van der Waals surface area contributed by atoms with E-state index < -0.39 is 0 Å². The van der Waals surface area contributed by atoms with Gasteiger partial charge in [-0.2, -0.15) is 0 Å². The van der Waals surface area contributed by atoms with Crippen molar-refractivity contribution in [3.05, 3.63) is 82.8 Å². The molecule has 1 fully saturated rings. The van der Waals surface area contributed by atoms with E-state index in [1.807, 2.05) is 56.3 Å². The quantitative estimate of drug-likeness (QED) is 0.306. The highest BCUT2D eigenvalue weighted by atomic mass is 35.5. The first kappa shape index (κ1) is 25.4. The number of ether oxygens (including phenoxy) is 1. The van der Waals surface area contributed by atoms with E-state index in [2.05, 4.69) is 11.6 Å². The number of piperidine rings is 1. The zero-order valence-electron chi connectivity index (χ0n) is 20.8. The molecule has 0 radical (unpaired) electrons. The van der Waals surface area contributed by atoms with Crippen molar-refractivity contribution in [1.82, 2.24) is 19.8 Å². The van der Waals surface area contributed by atoms with E-state index in [1.54, 1.807) is 12.3 Å². The fraction of sp³-hybridized carbons (Fsp3) is 0.286. The second kappa shape index (κ2) is 10.9. The predicted molar refractivity (Wildman–Crippen MR) is 141 cm³/mol. The third-order valence-electron chi connectivity index (χ3n) is 6.14. The van der Waals surface area contributed by atoms with Crippen molar-refractivity contribution in [2.45, 2.75) is 39.3 Å². The molecule has 0 bridgehead atoms. The number of amides is 2. The largest absolute Gasteiger partial charge is 0.487 e. The Labute approximate surface area is 216 Å². The van der Waals surface area contributed by atoms with Crippen molar-refractivity contribution in [2.75, 3.05) is 14.1 Å². The van der Waals surface area contributed by atoms with Gasteiger partial charge in [0.05, 0.1) is 11.6 Å². The number of para-hydroxylation sites is 1. The van der Waals surface area contributed by atoms with Gasteiger partial charge in [-0.05, 0) is 37.1 Å². The van der Waals surface area contributed by atoms with Crippen LogP contribution in [0.3, 0.4) is 0 Å². The lowest BCUT2D eigenvalue weighted by atomic mass is 10.0. The van der Waals surface area contributed by atoms with Crippen LogP contribution >= 0.6 is 11.6 Å². The number of benzene rings is 1. The molecule has 1 aromatic carbocycles. The molecule has 1 saturated heterocycles. The van der Waals surface area contributed by atoms with E-state index in [0.717, 1.165) is 27.9 Å². The zero-order valence-corrected chi connectivity index (χ0v) is 21.5. The minimum Gasteiger partial charge on any atom is -0.487 e. The molecule has 0 N–H and O–H groups in total. The minimum atomic E-state index is -0.177. The highest BCUT2D eigenvalue weighted by molar-refractivity contribution is 6.31. The first-order chi connectivity index (χ1) is 17.3. The molecule has 186 valence electrons. The summed E-state index contributed by atoms with van der Waals surface area (Å²) in [5, 5.41) is 1.36. The second-order valence-electron chi connectivity index (χ2n) is 8.92. The van der Waals surface area contributed by atoms with Gasteiger partial charge in [0, 0.05) is 67.2 Å². The molecule has 2 aromatic heterocycles. The maximum Gasteiger partial charge on any atom is 0.229 e. The number of halogens is 1. The highest BCUT2D eigenvalue weighted by Gasteiger charge is 2.27. The number of hydrogen-bond acceptors (Lipinski definition) is 6. The number of carbonyl (C=O) groups excluding carboxylic acids is 2. The standard InChI is InChI=1S/C28H29ClN4O3/c1-5-8-24(32(3)4)21-13-18(2)31-28-20(21)9-6-10-25(28)36-17-22-19(14-30-15-23(22)29)16-33-26(34)11-7-12-27(33)35/h5-6,8-10,13-15H,1,7,11-12,16-17H2,2-4H3/b24-8-. The molecule has 0 saturated carbocycles.